The molecule has 0 fully saturated rings. The third-order valence-electron chi connectivity index (χ3n) is 6.35. The van der Waals surface area contributed by atoms with Crippen LogP contribution in [0.15, 0.2) is 33.5 Å². The van der Waals surface area contributed by atoms with Crippen molar-refractivity contribution >= 4 is 23.0 Å². The first kappa shape index (κ1) is 30.2. The van der Waals surface area contributed by atoms with E-state index in [0.717, 1.165) is 44.9 Å². The molecule has 0 saturated carbocycles. The molecule has 8 nitrogen and oxygen atoms in total. The summed E-state index contributed by atoms with van der Waals surface area (Å²) in [6.07, 6.45) is 15.3. The standard InChI is InChI=1S/C29H44N2O6/c1-2-3-4-15-20-36-29(35)31-19-14-12-10-8-6-5-7-9-11-13-18-30-27(33)25-21-23-16-17-24(32)22-26(23)37-28(25)34/h16-17,21-22,32H,2-15,18-20H2,1H3,(H,30,33)(H,31,35). The third kappa shape index (κ3) is 12.7. The monoisotopic (exact) mass is 516 g/mol. The number of carbonyl (C=O) groups is 2. The van der Waals surface area contributed by atoms with Gasteiger partial charge in [-0.25, -0.2) is 9.59 Å². The van der Waals surface area contributed by atoms with Gasteiger partial charge in [0.15, 0.2) is 0 Å². The van der Waals surface area contributed by atoms with E-state index in [2.05, 4.69) is 17.6 Å². The smallest absolute Gasteiger partial charge is 0.407 e. The summed E-state index contributed by atoms with van der Waals surface area (Å²) in [5, 5.41) is 15.7. The SMILES string of the molecule is CCCCCCOC(=O)NCCCCCCCCCCCCNC(=O)c1cc2ccc(O)cc2oc1=O. The number of alkyl carbamates (subject to hydrolysis) is 1. The Kier molecular flexibility index (Phi) is 14.9. The molecule has 2 rings (SSSR count). The van der Waals surface area contributed by atoms with E-state index >= 15 is 0 Å². The molecule has 8 heteroatoms. The Bertz CT molecular complexity index is 1000. The van der Waals surface area contributed by atoms with E-state index in [1.165, 1.54) is 63.1 Å². The second kappa shape index (κ2) is 18.3. The quantitative estimate of drug-likeness (QED) is 0.146. The van der Waals surface area contributed by atoms with E-state index in [4.69, 9.17) is 9.15 Å². The van der Waals surface area contributed by atoms with E-state index in [-0.39, 0.29) is 23.0 Å². The summed E-state index contributed by atoms with van der Waals surface area (Å²) in [5.41, 5.74) is -0.474. The molecule has 0 bridgehead atoms. The maximum atomic E-state index is 12.3. The van der Waals surface area contributed by atoms with Crippen LogP contribution in [-0.2, 0) is 4.74 Å². The maximum absolute atomic E-state index is 12.3. The molecule has 0 radical (unpaired) electrons. The first-order valence-corrected chi connectivity index (χ1v) is 14.0. The van der Waals surface area contributed by atoms with Gasteiger partial charge in [0.25, 0.3) is 5.91 Å². The van der Waals surface area contributed by atoms with Crippen molar-refractivity contribution in [2.45, 2.75) is 96.8 Å². The van der Waals surface area contributed by atoms with Crippen LogP contribution < -0.4 is 16.3 Å². The summed E-state index contributed by atoms with van der Waals surface area (Å²) < 4.78 is 10.3. The molecule has 2 amide bonds. The Morgan fingerprint density at radius 3 is 2.05 bits per heavy atom. The molecular formula is C29H44N2O6. The molecule has 0 saturated heterocycles. The number of hydrogen-bond acceptors (Lipinski definition) is 6. The molecule has 0 atom stereocenters. The van der Waals surface area contributed by atoms with Gasteiger partial charge >= 0.3 is 11.7 Å². The first-order valence-electron chi connectivity index (χ1n) is 14.0. The lowest BCUT2D eigenvalue weighted by molar-refractivity contribution is 0.0949. The number of carbonyl (C=O) groups excluding carboxylic acids is 2. The van der Waals surface area contributed by atoms with E-state index in [1.54, 1.807) is 6.07 Å². The van der Waals surface area contributed by atoms with Crippen molar-refractivity contribution in [3.8, 4) is 5.75 Å². The fourth-order valence-corrected chi connectivity index (χ4v) is 4.15. The summed E-state index contributed by atoms with van der Waals surface area (Å²) in [6.45, 7) is 3.87. The minimum atomic E-state index is -0.706. The number of hydrogen-bond donors (Lipinski definition) is 3. The lowest BCUT2D eigenvalue weighted by Crippen LogP contribution is -2.29. The molecular weight excluding hydrogens is 472 g/mol. The van der Waals surface area contributed by atoms with Crippen LogP contribution in [0.2, 0.25) is 0 Å². The summed E-state index contributed by atoms with van der Waals surface area (Å²) in [4.78, 5) is 36.0. The second-order valence-corrected chi connectivity index (χ2v) is 9.58. The molecule has 0 spiro atoms. The van der Waals surface area contributed by atoms with Gasteiger partial charge in [0.2, 0.25) is 0 Å². The average Bonchev–Trinajstić information content (AvgIpc) is 2.88. The molecule has 0 unspecified atom stereocenters. The lowest BCUT2D eigenvalue weighted by Gasteiger charge is -2.07. The summed E-state index contributed by atoms with van der Waals surface area (Å²) in [5.74, 6) is -0.428. The Hall–Kier alpha value is -3.03. The van der Waals surface area contributed by atoms with Crippen LogP contribution in [0.4, 0.5) is 4.79 Å². The number of amides is 2. The minimum Gasteiger partial charge on any atom is -0.508 e. The van der Waals surface area contributed by atoms with Gasteiger partial charge in [0.1, 0.15) is 16.9 Å². The van der Waals surface area contributed by atoms with Gasteiger partial charge in [-0.3, -0.25) is 4.79 Å². The van der Waals surface area contributed by atoms with E-state index in [0.29, 0.717) is 25.1 Å². The van der Waals surface area contributed by atoms with Gasteiger partial charge in [-0.2, -0.15) is 0 Å². The number of aromatic hydroxyl groups is 1. The predicted octanol–water partition coefficient (Wildman–Crippen LogP) is 6.44. The number of nitrogens with one attached hydrogen (secondary N) is 2. The number of unbranched alkanes of at least 4 members (excludes halogenated alkanes) is 12. The number of phenols is 1. The minimum absolute atomic E-state index is 0.00408. The maximum Gasteiger partial charge on any atom is 0.407 e. The highest BCUT2D eigenvalue weighted by Crippen LogP contribution is 2.19. The van der Waals surface area contributed by atoms with Crippen LogP contribution >= 0.6 is 0 Å². The zero-order chi connectivity index (χ0) is 26.7. The molecule has 1 heterocycles. The normalized spacial score (nSPS) is 10.9. The van der Waals surface area contributed by atoms with Crippen molar-refractivity contribution < 1.29 is 23.8 Å². The van der Waals surface area contributed by atoms with Crippen LogP contribution in [0.5, 0.6) is 5.75 Å². The highest BCUT2D eigenvalue weighted by atomic mass is 16.5. The largest absolute Gasteiger partial charge is 0.508 e. The second-order valence-electron chi connectivity index (χ2n) is 9.58. The van der Waals surface area contributed by atoms with Crippen LogP contribution in [0.1, 0.15) is 107 Å². The highest BCUT2D eigenvalue weighted by molar-refractivity contribution is 5.96. The van der Waals surface area contributed by atoms with Crippen molar-refractivity contribution in [1.82, 2.24) is 10.6 Å². The number of fused-ring (bicyclic) bond motifs is 1. The Labute approximate surface area is 220 Å². The fraction of sp³-hybridized carbons (Fsp3) is 0.621. The molecule has 1 aromatic heterocycles. The van der Waals surface area contributed by atoms with Crippen molar-refractivity contribution in [1.29, 1.82) is 0 Å². The van der Waals surface area contributed by atoms with Crippen molar-refractivity contribution in [2.24, 2.45) is 0 Å². The van der Waals surface area contributed by atoms with Crippen molar-refractivity contribution in [3.05, 3.63) is 40.2 Å². The van der Waals surface area contributed by atoms with Crippen molar-refractivity contribution in [2.75, 3.05) is 19.7 Å². The van der Waals surface area contributed by atoms with E-state index in [9.17, 15) is 19.5 Å². The summed E-state index contributed by atoms with van der Waals surface area (Å²) in [6, 6.07) is 5.95. The topological polar surface area (TPSA) is 118 Å². The molecule has 0 aliphatic heterocycles. The van der Waals surface area contributed by atoms with Crippen LogP contribution in [0.3, 0.4) is 0 Å². The summed E-state index contributed by atoms with van der Waals surface area (Å²) >= 11 is 0. The number of ether oxygens (including phenoxy) is 1. The van der Waals surface area contributed by atoms with Gasteiger partial charge in [0, 0.05) is 24.5 Å². The first-order chi connectivity index (χ1) is 18.0. The van der Waals surface area contributed by atoms with Crippen LogP contribution in [0.25, 0.3) is 11.0 Å². The van der Waals surface area contributed by atoms with Gasteiger partial charge in [-0.1, -0.05) is 77.6 Å². The Morgan fingerprint density at radius 2 is 1.41 bits per heavy atom. The van der Waals surface area contributed by atoms with Gasteiger partial charge < -0.3 is 24.9 Å². The summed E-state index contributed by atoms with van der Waals surface area (Å²) in [7, 11) is 0. The molecule has 2 aromatic rings. The van der Waals surface area contributed by atoms with Gasteiger partial charge in [0.05, 0.1) is 6.61 Å². The lowest BCUT2D eigenvalue weighted by atomic mass is 10.1. The Morgan fingerprint density at radius 1 is 0.811 bits per heavy atom. The third-order valence-corrected chi connectivity index (χ3v) is 6.35. The van der Waals surface area contributed by atoms with E-state index < -0.39 is 11.5 Å². The van der Waals surface area contributed by atoms with Crippen molar-refractivity contribution in [3.63, 3.8) is 0 Å². The average molecular weight is 517 g/mol. The molecule has 0 aliphatic rings. The number of benzene rings is 1. The van der Waals surface area contributed by atoms with Gasteiger partial charge in [-0.15, -0.1) is 0 Å². The molecule has 0 aliphatic carbocycles. The molecule has 3 N–H and O–H groups in total. The Balaban J connectivity index is 1.40. The fourth-order valence-electron chi connectivity index (χ4n) is 4.15. The number of phenolic OH excluding ortho intramolecular Hbond substituents is 1. The molecule has 1 aromatic carbocycles. The highest BCUT2D eigenvalue weighted by Gasteiger charge is 2.13. The number of rotatable bonds is 19. The molecule has 37 heavy (non-hydrogen) atoms. The predicted molar refractivity (Wildman–Crippen MR) is 146 cm³/mol. The van der Waals surface area contributed by atoms with Crippen LogP contribution in [0, 0.1) is 0 Å². The zero-order valence-corrected chi connectivity index (χ0v) is 22.3. The molecule has 206 valence electrons. The van der Waals surface area contributed by atoms with Gasteiger partial charge in [-0.05, 0) is 37.5 Å². The van der Waals surface area contributed by atoms with Crippen LogP contribution in [-0.4, -0.2) is 36.8 Å². The zero-order valence-electron chi connectivity index (χ0n) is 22.3. The van der Waals surface area contributed by atoms with E-state index in [1.807, 2.05) is 0 Å².